The smallest absolute Gasteiger partial charge is 0.338 e. The Bertz CT molecular complexity index is 859. The molecule has 1 N–H and O–H groups in total. The van der Waals surface area contributed by atoms with Gasteiger partial charge in [-0.3, -0.25) is 4.79 Å². The molecule has 0 aliphatic rings. The molecule has 0 unspecified atom stereocenters. The Morgan fingerprint density at radius 3 is 2.46 bits per heavy atom. The SMILES string of the molecule is CN(Cc1ccccc1)C(=O)COC(=O)c1ccc(-c2ncc[nH]2)cc1. The van der Waals surface area contributed by atoms with Crippen LogP contribution in [0.3, 0.4) is 0 Å². The molecule has 1 aromatic heterocycles. The van der Waals surface area contributed by atoms with Crippen LogP contribution in [0, 0.1) is 0 Å². The van der Waals surface area contributed by atoms with Crippen molar-refractivity contribution >= 4 is 11.9 Å². The summed E-state index contributed by atoms with van der Waals surface area (Å²) in [6.07, 6.45) is 3.39. The fraction of sp³-hybridized carbons (Fsp3) is 0.150. The van der Waals surface area contributed by atoms with E-state index in [0.29, 0.717) is 12.1 Å². The Hall–Kier alpha value is -3.41. The van der Waals surface area contributed by atoms with Gasteiger partial charge in [0.15, 0.2) is 6.61 Å². The molecule has 0 spiro atoms. The number of imidazole rings is 1. The summed E-state index contributed by atoms with van der Waals surface area (Å²) in [5.74, 6) is -0.0607. The van der Waals surface area contributed by atoms with E-state index in [4.69, 9.17) is 4.74 Å². The molecule has 0 atom stereocenters. The van der Waals surface area contributed by atoms with Gasteiger partial charge in [-0.15, -0.1) is 0 Å². The van der Waals surface area contributed by atoms with Crippen LogP contribution in [0.2, 0.25) is 0 Å². The number of nitrogens with zero attached hydrogens (tertiary/aromatic N) is 2. The van der Waals surface area contributed by atoms with Gasteiger partial charge in [0.05, 0.1) is 5.56 Å². The van der Waals surface area contributed by atoms with Crippen molar-refractivity contribution < 1.29 is 14.3 Å². The van der Waals surface area contributed by atoms with Crippen LogP contribution in [0.25, 0.3) is 11.4 Å². The molecule has 0 bridgehead atoms. The van der Waals surface area contributed by atoms with E-state index in [1.165, 1.54) is 4.90 Å². The first kappa shape index (κ1) is 17.4. The van der Waals surface area contributed by atoms with Gasteiger partial charge in [0.25, 0.3) is 5.91 Å². The van der Waals surface area contributed by atoms with Gasteiger partial charge in [-0.2, -0.15) is 0 Å². The number of likely N-dealkylation sites (N-methyl/N-ethyl adjacent to an activating group) is 1. The van der Waals surface area contributed by atoms with E-state index in [9.17, 15) is 9.59 Å². The first-order valence-electron chi connectivity index (χ1n) is 8.18. The minimum absolute atomic E-state index is 0.255. The van der Waals surface area contributed by atoms with Gasteiger partial charge in [-0.25, -0.2) is 9.78 Å². The minimum Gasteiger partial charge on any atom is -0.452 e. The van der Waals surface area contributed by atoms with Gasteiger partial charge >= 0.3 is 5.97 Å². The van der Waals surface area contributed by atoms with Crippen molar-refractivity contribution in [1.29, 1.82) is 0 Å². The van der Waals surface area contributed by atoms with E-state index in [1.54, 1.807) is 43.7 Å². The Kier molecular flexibility index (Phi) is 5.43. The largest absolute Gasteiger partial charge is 0.452 e. The zero-order chi connectivity index (χ0) is 18.4. The zero-order valence-electron chi connectivity index (χ0n) is 14.4. The van der Waals surface area contributed by atoms with Crippen molar-refractivity contribution in [3.8, 4) is 11.4 Å². The molecule has 3 rings (SSSR count). The Labute approximate surface area is 151 Å². The van der Waals surface area contributed by atoms with Gasteiger partial charge in [-0.1, -0.05) is 42.5 Å². The second kappa shape index (κ2) is 8.11. The number of aromatic nitrogens is 2. The highest BCUT2D eigenvalue weighted by molar-refractivity contribution is 5.91. The molecule has 1 amide bonds. The molecule has 0 saturated heterocycles. The molecule has 132 valence electrons. The summed E-state index contributed by atoms with van der Waals surface area (Å²) in [5, 5.41) is 0. The van der Waals surface area contributed by atoms with E-state index in [1.807, 2.05) is 30.3 Å². The fourth-order valence-corrected chi connectivity index (χ4v) is 2.45. The highest BCUT2D eigenvalue weighted by Gasteiger charge is 2.14. The molecule has 6 nitrogen and oxygen atoms in total. The quantitative estimate of drug-likeness (QED) is 0.694. The maximum absolute atomic E-state index is 12.1. The number of hydrogen-bond donors (Lipinski definition) is 1. The van der Waals surface area contributed by atoms with Crippen LogP contribution in [0.1, 0.15) is 15.9 Å². The van der Waals surface area contributed by atoms with Crippen LogP contribution in [-0.2, 0) is 16.1 Å². The number of amides is 1. The van der Waals surface area contributed by atoms with E-state index in [-0.39, 0.29) is 12.5 Å². The molecule has 0 aliphatic heterocycles. The topological polar surface area (TPSA) is 75.3 Å². The van der Waals surface area contributed by atoms with Crippen molar-refractivity contribution in [2.45, 2.75) is 6.54 Å². The summed E-state index contributed by atoms with van der Waals surface area (Å²) < 4.78 is 5.13. The van der Waals surface area contributed by atoms with Crippen LogP contribution in [0.4, 0.5) is 0 Å². The molecule has 6 heteroatoms. The number of H-pyrrole nitrogens is 1. The van der Waals surface area contributed by atoms with Crippen LogP contribution >= 0.6 is 0 Å². The molecule has 26 heavy (non-hydrogen) atoms. The molecular formula is C20H19N3O3. The number of ether oxygens (including phenoxy) is 1. The third-order valence-corrected chi connectivity index (χ3v) is 3.91. The van der Waals surface area contributed by atoms with Gasteiger partial charge in [0.2, 0.25) is 0 Å². The van der Waals surface area contributed by atoms with Crippen molar-refractivity contribution in [2.24, 2.45) is 0 Å². The zero-order valence-corrected chi connectivity index (χ0v) is 14.4. The van der Waals surface area contributed by atoms with E-state index in [0.717, 1.165) is 17.0 Å². The van der Waals surface area contributed by atoms with Crippen molar-refractivity contribution in [3.05, 3.63) is 78.1 Å². The van der Waals surface area contributed by atoms with E-state index >= 15 is 0 Å². The van der Waals surface area contributed by atoms with Gasteiger partial charge in [0, 0.05) is 31.5 Å². The predicted molar refractivity (Wildman–Crippen MR) is 97.2 cm³/mol. The van der Waals surface area contributed by atoms with E-state index < -0.39 is 5.97 Å². The summed E-state index contributed by atoms with van der Waals surface area (Å²) in [5.41, 5.74) is 2.27. The first-order valence-corrected chi connectivity index (χ1v) is 8.18. The lowest BCUT2D eigenvalue weighted by atomic mass is 10.1. The lowest BCUT2D eigenvalue weighted by molar-refractivity contribution is -0.133. The number of carbonyl (C=O) groups excluding carboxylic acids is 2. The molecular weight excluding hydrogens is 330 g/mol. The fourth-order valence-electron chi connectivity index (χ4n) is 2.45. The Morgan fingerprint density at radius 1 is 1.08 bits per heavy atom. The second-order valence-electron chi connectivity index (χ2n) is 5.83. The number of carbonyl (C=O) groups is 2. The summed E-state index contributed by atoms with van der Waals surface area (Å²) in [6.45, 7) is 0.178. The molecule has 3 aromatic rings. The normalized spacial score (nSPS) is 10.3. The summed E-state index contributed by atoms with van der Waals surface area (Å²) in [4.78, 5) is 32.9. The number of aromatic amines is 1. The number of nitrogens with one attached hydrogen (secondary N) is 1. The molecule has 1 heterocycles. The standard InChI is InChI=1S/C20H19N3O3/c1-23(13-15-5-3-2-4-6-15)18(24)14-26-20(25)17-9-7-16(8-10-17)19-21-11-12-22-19/h2-12H,13-14H2,1H3,(H,21,22). The van der Waals surface area contributed by atoms with Crippen LogP contribution in [-0.4, -0.2) is 40.4 Å². The number of benzene rings is 2. The number of rotatable bonds is 6. The highest BCUT2D eigenvalue weighted by atomic mass is 16.5. The Balaban J connectivity index is 1.52. The average Bonchev–Trinajstić information content (AvgIpc) is 3.21. The maximum Gasteiger partial charge on any atom is 0.338 e. The minimum atomic E-state index is -0.530. The van der Waals surface area contributed by atoms with Crippen molar-refractivity contribution in [2.75, 3.05) is 13.7 Å². The second-order valence-corrected chi connectivity index (χ2v) is 5.83. The lowest BCUT2D eigenvalue weighted by Gasteiger charge is -2.17. The number of hydrogen-bond acceptors (Lipinski definition) is 4. The first-order chi connectivity index (χ1) is 12.6. The molecule has 0 aliphatic carbocycles. The third kappa shape index (κ3) is 4.36. The van der Waals surface area contributed by atoms with E-state index in [2.05, 4.69) is 9.97 Å². The highest BCUT2D eigenvalue weighted by Crippen LogP contribution is 2.15. The molecule has 2 aromatic carbocycles. The van der Waals surface area contributed by atoms with Gasteiger partial charge in [0.1, 0.15) is 5.82 Å². The Morgan fingerprint density at radius 2 is 1.81 bits per heavy atom. The van der Waals surface area contributed by atoms with Crippen molar-refractivity contribution in [1.82, 2.24) is 14.9 Å². The average molecular weight is 349 g/mol. The maximum atomic E-state index is 12.1. The summed E-state index contributed by atoms with van der Waals surface area (Å²) >= 11 is 0. The summed E-state index contributed by atoms with van der Waals surface area (Å²) in [7, 11) is 1.68. The van der Waals surface area contributed by atoms with Crippen molar-refractivity contribution in [3.63, 3.8) is 0 Å². The lowest BCUT2D eigenvalue weighted by Crippen LogP contribution is -2.30. The summed E-state index contributed by atoms with van der Waals surface area (Å²) in [6, 6.07) is 16.5. The van der Waals surface area contributed by atoms with Crippen LogP contribution in [0.15, 0.2) is 67.0 Å². The third-order valence-electron chi connectivity index (χ3n) is 3.91. The van der Waals surface area contributed by atoms with Crippen LogP contribution in [0.5, 0.6) is 0 Å². The molecule has 0 radical (unpaired) electrons. The molecule has 0 fully saturated rings. The monoisotopic (exact) mass is 349 g/mol. The van der Waals surface area contributed by atoms with Crippen LogP contribution < -0.4 is 0 Å². The van der Waals surface area contributed by atoms with Gasteiger partial charge < -0.3 is 14.6 Å². The number of esters is 1. The van der Waals surface area contributed by atoms with Gasteiger partial charge in [-0.05, 0) is 17.7 Å². The predicted octanol–water partition coefficient (Wildman–Crippen LogP) is 2.89. The molecule has 0 saturated carbocycles.